The first kappa shape index (κ1) is 24.8. The van der Waals surface area contributed by atoms with Crippen molar-refractivity contribution in [2.24, 2.45) is 0 Å². The van der Waals surface area contributed by atoms with Crippen molar-refractivity contribution in [3.8, 4) is 0 Å². The van der Waals surface area contributed by atoms with Gasteiger partial charge in [-0.15, -0.1) is 0 Å². The molecule has 0 saturated carbocycles. The molecular formula is C26H29ClN2O3S. The minimum Gasteiger partial charge on any atom is -0.355 e. The fourth-order valence-corrected chi connectivity index (χ4v) is 5.21. The maximum absolute atomic E-state index is 13.5. The van der Waals surface area contributed by atoms with Gasteiger partial charge < -0.3 is 5.32 Å². The minimum atomic E-state index is -3.95. The fourth-order valence-electron chi connectivity index (χ4n) is 3.50. The molecule has 3 aromatic rings. The van der Waals surface area contributed by atoms with Crippen LogP contribution in [0.1, 0.15) is 28.7 Å². The van der Waals surface area contributed by atoms with Gasteiger partial charge in [0.05, 0.1) is 10.6 Å². The highest BCUT2D eigenvalue weighted by atomic mass is 35.5. The van der Waals surface area contributed by atoms with Crippen LogP contribution >= 0.6 is 11.6 Å². The van der Waals surface area contributed by atoms with Crippen LogP contribution in [0.15, 0.2) is 71.6 Å². The van der Waals surface area contributed by atoms with Gasteiger partial charge in [-0.2, -0.15) is 0 Å². The van der Waals surface area contributed by atoms with E-state index in [1.54, 1.807) is 49.4 Å². The van der Waals surface area contributed by atoms with Gasteiger partial charge in [-0.05, 0) is 75.1 Å². The van der Waals surface area contributed by atoms with E-state index in [0.29, 0.717) is 22.8 Å². The lowest BCUT2D eigenvalue weighted by Crippen LogP contribution is -2.41. The van der Waals surface area contributed by atoms with Crippen LogP contribution in [-0.2, 0) is 21.2 Å². The SMILES string of the molecule is Cc1ccc(CCCNC(=O)CN(c2ccc(Cl)cc2C)S(=O)(=O)c2ccc(C)cc2)cc1. The highest BCUT2D eigenvalue weighted by Crippen LogP contribution is 2.29. The molecule has 3 aromatic carbocycles. The Morgan fingerprint density at radius 2 is 1.52 bits per heavy atom. The zero-order chi connectivity index (χ0) is 24.0. The molecule has 0 spiro atoms. The number of hydrogen-bond acceptors (Lipinski definition) is 3. The molecule has 0 fully saturated rings. The van der Waals surface area contributed by atoms with Crippen molar-refractivity contribution in [1.82, 2.24) is 5.32 Å². The lowest BCUT2D eigenvalue weighted by atomic mass is 10.1. The molecule has 5 nitrogen and oxygen atoms in total. The maximum Gasteiger partial charge on any atom is 0.264 e. The number of sulfonamides is 1. The monoisotopic (exact) mass is 484 g/mol. The Morgan fingerprint density at radius 3 is 2.12 bits per heavy atom. The second kappa shape index (κ2) is 10.9. The van der Waals surface area contributed by atoms with Crippen LogP contribution in [0.5, 0.6) is 0 Å². The van der Waals surface area contributed by atoms with Gasteiger partial charge in [0.2, 0.25) is 5.91 Å². The summed E-state index contributed by atoms with van der Waals surface area (Å²) in [6.45, 7) is 5.86. The van der Waals surface area contributed by atoms with Crippen molar-refractivity contribution in [2.45, 2.75) is 38.5 Å². The predicted molar refractivity (Wildman–Crippen MR) is 134 cm³/mol. The summed E-state index contributed by atoms with van der Waals surface area (Å²) in [7, 11) is -3.95. The number of aryl methyl sites for hydroxylation is 4. The normalized spacial score (nSPS) is 11.3. The molecular weight excluding hydrogens is 456 g/mol. The number of nitrogens with one attached hydrogen (secondary N) is 1. The molecule has 0 radical (unpaired) electrons. The number of hydrogen-bond donors (Lipinski definition) is 1. The molecule has 7 heteroatoms. The maximum atomic E-state index is 13.5. The number of halogens is 1. The van der Waals surface area contributed by atoms with Gasteiger partial charge in [-0.25, -0.2) is 8.42 Å². The Labute approximate surface area is 201 Å². The van der Waals surface area contributed by atoms with E-state index in [2.05, 4.69) is 29.6 Å². The molecule has 0 bridgehead atoms. The Morgan fingerprint density at radius 1 is 0.909 bits per heavy atom. The third-order valence-corrected chi connectivity index (χ3v) is 7.42. The number of carbonyl (C=O) groups is 1. The fraction of sp³-hybridized carbons (Fsp3) is 0.269. The van der Waals surface area contributed by atoms with Gasteiger partial charge in [0.1, 0.15) is 6.54 Å². The van der Waals surface area contributed by atoms with Gasteiger partial charge >= 0.3 is 0 Å². The lowest BCUT2D eigenvalue weighted by molar-refractivity contribution is -0.119. The van der Waals surface area contributed by atoms with Crippen LogP contribution in [-0.4, -0.2) is 27.4 Å². The molecule has 0 unspecified atom stereocenters. The van der Waals surface area contributed by atoms with E-state index in [4.69, 9.17) is 11.6 Å². The Balaban J connectivity index is 1.74. The van der Waals surface area contributed by atoms with E-state index >= 15 is 0 Å². The second-order valence-electron chi connectivity index (χ2n) is 8.19. The number of rotatable bonds is 9. The summed E-state index contributed by atoms with van der Waals surface area (Å²) in [5.41, 5.74) is 4.46. The van der Waals surface area contributed by atoms with Gasteiger partial charge in [0, 0.05) is 11.6 Å². The van der Waals surface area contributed by atoms with Gasteiger partial charge in [0.25, 0.3) is 10.0 Å². The third-order valence-electron chi connectivity index (χ3n) is 5.41. The van der Waals surface area contributed by atoms with E-state index in [1.807, 2.05) is 13.8 Å². The van der Waals surface area contributed by atoms with E-state index < -0.39 is 10.0 Å². The molecule has 0 aliphatic carbocycles. The van der Waals surface area contributed by atoms with E-state index in [-0.39, 0.29) is 17.3 Å². The van der Waals surface area contributed by atoms with Crippen molar-refractivity contribution < 1.29 is 13.2 Å². The molecule has 0 heterocycles. The van der Waals surface area contributed by atoms with E-state index in [1.165, 1.54) is 11.1 Å². The summed E-state index contributed by atoms with van der Waals surface area (Å²) in [6.07, 6.45) is 1.60. The topological polar surface area (TPSA) is 66.5 Å². The highest BCUT2D eigenvalue weighted by Gasteiger charge is 2.28. The van der Waals surface area contributed by atoms with Crippen LogP contribution in [0.4, 0.5) is 5.69 Å². The number of amides is 1. The molecule has 0 aliphatic rings. The standard InChI is InChI=1S/C26H29ClN2O3S/c1-19-6-10-22(11-7-19)5-4-16-28-26(30)18-29(25-15-12-23(27)17-21(25)3)33(31,32)24-13-8-20(2)9-14-24/h6-15,17H,4-5,16,18H2,1-3H3,(H,28,30). The molecule has 0 aromatic heterocycles. The first-order chi connectivity index (χ1) is 15.7. The Kier molecular flexibility index (Phi) is 8.16. The summed E-state index contributed by atoms with van der Waals surface area (Å²) in [6, 6.07) is 19.8. The summed E-state index contributed by atoms with van der Waals surface area (Å²) in [5, 5.41) is 3.36. The number of carbonyl (C=O) groups excluding carboxylic acids is 1. The van der Waals surface area contributed by atoms with Crippen LogP contribution in [0.2, 0.25) is 5.02 Å². The van der Waals surface area contributed by atoms with Crippen molar-refractivity contribution in [1.29, 1.82) is 0 Å². The molecule has 0 aliphatic heterocycles. The largest absolute Gasteiger partial charge is 0.355 e. The molecule has 0 saturated heterocycles. The molecule has 33 heavy (non-hydrogen) atoms. The zero-order valence-corrected chi connectivity index (χ0v) is 20.7. The highest BCUT2D eigenvalue weighted by molar-refractivity contribution is 7.92. The summed E-state index contributed by atoms with van der Waals surface area (Å²) in [5.74, 6) is -0.357. The number of benzene rings is 3. The average molecular weight is 485 g/mol. The lowest BCUT2D eigenvalue weighted by Gasteiger charge is -2.26. The molecule has 3 rings (SSSR count). The summed E-state index contributed by atoms with van der Waals surface area (Å²) in [4.78, 5) is 12.9. The Hall–Kier alpha value is -2.83. The minimum absolute atomic E-state index is 0.134. The molecule has 0 atom stereocenters. The quantitative estimate of drug-likeness (QED) is 0.424. The van der Waals surface area contributed by atoms with Gasteiger partial charge in [-0.3, -0.25) is 9.10 Å². The van der Waals surface area contributed by atoms with Crippen LogP contribution < -0.4 is 9.62 Å². The Bertz CT molecular complexity index is 1210. The molecule has 174 valence electrons. The second-order valence-corrected chi connectivity index (χ2v) is 10.5. The van der Waals surface area contributed by atoms with Crippen LogP contribution in [0.3, 0.4) is 0 Å². The third kappa shape index (κ3) is 6.59. The van der Waals surface area contributed by atoms with Crippen LogP contribution in [0.25, 0.3) is 0 Å². The van der Waals surface area contributed by atoms with Crippen molar-refractivity contribution in [2.75, 3.05) is 17.4 Å². The van der Waals surface area contributed by atoms with Crippen molar-refractivity contribution >= 4 is 33.2 Å². The first-order valence-corrected chi connectivity index (χ1v) is 12.7. The van der Waals surface area contributed by atoms with Gasteiger partial charge in [-0.1, -0.05) is 59.1 Å². The van der Waals surface area contributed by atoms with E-state index in [9.17, 15) is 13.2 Å². The average Bonchev–Trinajstić information content (AvgIpc) is 2.77. The zero-order valence-electron chi connectivity index (χ0n) is 19.1. The van der Waals surface area contributed by atoms with Crippen molar-refractivity contribution in [3.63, 3.8) is 0 Å². The molecule has 1 amide bonds. The van der Waals surface area contributed by atoms with Crippen LogP contribution in [0, 0.1) is 20.8 Å². The smallest absolute Gasteiger partial charge is 0.264 e. The van der Waals surface area contributed by atoms with E-state index in [0.717, 1.165) is 22.7 Å². The number of anilines is 1. The first-order valence-electron chi connectivity index (χ1n) is 10.8. The number of nitrogens with zero attached hydrogens (tertiary/aromatic N) is 1. The predicted octanol–water partition coefficient (Wildman–Crippen LogP) is 5.21. The van der Waals surface area contributed by atoms with Crippen molar-refractivity contribution in [3.05, 3.63) is 94.0 Å². The summed E-state index contributed by atoms with van der Waals surface area (Å²) < 4.78 is 28.1. The van der Waals surface area contributed by atoms with Gasteiger partial charge in [0.15, 0.2) is 0 Å². The summed E-state index contributed by atoms with van der Waals surface area (Å²) >= 11 is 6.07. The molecule has 1 N–H and O–H groups in total.